The van der Waals surface area contributed by atoms with Crippen molar-refractivity contribution >= 4 is 5.82 Å². The molecule has 0 radical (unpaired) electrons. The fourth-order valence-corrected chi connectivity index (χ4v) is 0.955. The number of nitrogens with one attached hydrogen (secondary N) is 1. The summed E-state index contributed by atoms with van der Waals surface area (Å²) in [6.07, 6.45) is 3.19. The second kappa shape index (κ2) is 3.79. The van der Waals surface area contributed by atoms with E-state index in [1.807, 2.05) is 13.8 Å². The van der Waals surface area contributed by atoms with Gasteiger partial charge in [0.25, 0.3) is 5.56 Å². The van der Waals surface area contributed by atoms with Crippen LogP contribution in [0.5, 0.6) is 0 Å². The Morgan fingerprint density at radius 2 is 2.29 bits per heavy atom. The van der Waals surface area contributed by atoms with Gasteiger partial charge < -0.3 is 15.6 Å². The fraction of sp³-hybridized carbons (Fsp3) is 0.556. The molecule has 5 nitrogen and oxygen atoms in total. The molecular formula is C9H16N4O. The van der Waals surface area contributed by atoms with Gasteiger partial charge in [-0.15, -0.1) is 0 Å². The lowest BCUT2D eigenvalue weighted by Crippen LogP contribution is -2.41. The number of hydrogen-bond donors (Lipinski definition) is 2. The van der Waals surface area contributed by atoms with E-state index in [0.717, 1.165) is 0 Å². The van der Waals surface area contributed by atoms with Gasteiger partial charge in [-0.25, -0.2) is 4.98 Å². The summed E-state index contributed by atoms with van der Waals surface area (Å²) >= 11 is 0. The van der Waals surface area contributed by atoms with Crippen molar-refractivity contribution < 1.29 is 0 Å². The Balaban J connectivity index is 2.99. The van der Waals surface area contributed by atoms with Gasteiger partial charge in [-0.1, -0.05) is 0 Å². The Morgan fingerprint density at radius 1 is 1.64 bits per heavy atom. The molecular weight excluding hydrogens is 180 g/mol. The van der Waals surface area contributed by atoms with Crippen molar-refractivity contribution in [2.45, 2.75) is 19.4 Å². The van der Waals surface area contributed by atoms with Crippen LogP contribution in [0.1, 0.15) is 13.8 Å². The number of nitrogens with two attached hydrogens (primary N) is 1. The molecule has 0 aliphatic heterocycles. The first-order chi connectivity index (χ1) is 6.46. The van der Waals surface area contributed by atoms with Gasteiger partial charge >= 0.3 is 0 Å². The second-order valence-corrected chi connectivity index (χ2v) is 3.90. The molecule has 0 aliphatic rings. The van der Waals surface area contributed by atoms with Crippen molar-refractivity contribution in [3.05, 3.63) is 22.7 Å². The summed E-state index contributed by atoms with van der Waals surface area (Å²) < 4.78 is 1.47. The van der Waals surface area contributed by atoms with Crippen LogP contribution in [-0.2, 0) is 7.05 Å². The van der Waals surface area contributed by atoms with Crippen molar-refractivity contribution in [1.82, 2.24) is 9.55 Å². The Hall–Kier alpha value is -1.36. The molecule has 0 aliphatic carbocycles. The van der Waals surface area contributed by atoms with Crippen LogP contribution >= 0.6 is 0 Å². The van der Waals surface area contributed by atoms with Crippen LogP contribution in [0.2, 0.25) is 0 Å². The Morgan fingerprint density at radius 3 is 2.86 bits per heavy atom. The van der Waals surface area contributed by atoms with Crippen molar-refractivity contribution in [3.8, 4) is 0 Å². The molecule has 5 heteroatoms. The molecule has 14 heavy (non-hydrogen) atoms. The summed E-state index contributed by atoms with van der Waals surface area (Å²) in [4.78, 5) is 15.5. The zero-order valence-corrected chi connectivity index (χ0v) is 8.74. The highest BCUT2D eigenvalue weighted by Crippen LogP contribution is 2.06. The minimum Gasteiger partial charge on any atom is -0.359 e. The van der Waals surface area contributed by atoms with E-state index in [4.69, 9.17) is 5.73 Å². The van der Waals surface area contributed by atoms with Gasteiger partial charge in [-0.3, -0.25) is 4.79 Å². The Bertz CT molecular complexity index is 369. The maximum absolute atomic E-state index is 11.6. The van der Waals surface area contributed by atoms with Gasteiger partial charge in [-0.2, -0.15) is 0 Å². The van der Waals surface area contributed by atoms with Crippen molar-refractivity contribution in [3.63, 3.8) is 0 Å². The number of aromatic nitrogens is 2. The van der Waals surface area contributed by atoms with E-state index >= 15 is 0 Å². The molecule has 0 bridgehead atoms. The summed E-state index contributed by atoms with van der Waals surface area (Å²) in [7, 11) is 1.69. The quantitative estimate of drug-likeness (QED) is 0.709. The van der Waals surface area contributed by atoms with E-state index < -0.39 is 0 Å². The molecule has 0 unspecified atom stereocenters. The topological polar surface area (TPSA) is 72.9 Å². The molecule has 1 heterocycles. The number of hydrogen-bond acceptors (Lipinski definition) is 4. The zero-order valence-electron chi connectivity index (χ0n) is 8.74. The number of nitrogens with zero attached hydrogens (tertiary/aromatic N) is 2. The number of aryl methyl sites for hydroxylation is 1. The van der Waals surface area contributed by atoms with Crippen molar-refractivity contribution in [1.29, 1.82) is 0 Å². The first kappa shape index (κ1) is 10.7. The average molecular weight is 196 g/mol. The molecule has 0 saturated carbocycles. The largest absolute Gasteiger partial charge is 0.359 e. The zero-order chi connectivity index (χ0) is 10.8. The molecule has 0 aromatic carbocycles. The fourth-order valence-electron chi connectivity index (χ4n) is 0.955. The smallest absolute Gasteiger partial charge is 0.293 e. The van der Waals surface area contributed by atoms with Gasteiger partial charge in [0.1, 0.15) is 0 Å². The normalized spacial score (nSPS) is 11.4. The standard InChI is InChI=1S/C9H16N4O/c1-9(2,6-10)12-7-8(14)13(3)5-4-11-7/h4-5H,6,10H2,1-3H3,(H,11,12). The third kappa shape index (κ3) is 2.32. The highest BCUT2D eigenvalue weighted by Gasteiger charge is 2.17. The Labute approximate surface area is 83.0 Å². The minimum atomic E-state index is -0.319. The predicted molar refractivity (Wildman–Crippen MR) is 56.2 cm³/mol. The monoisotopic (exact) mass is 196 g/mol. The Kier molecular flexibility index (Phi) is 2.90. The first-order valence-electron chi connectivity index (χ1n) is 4.46. The van der Waals surface area contributed by atoms with E-state index in [1.54, 1.807) is 19.4 Å². The van der Waals surface area contributed by atoms with Crippen LogP contribution in [0.15, 0.2) is 17.2 Å². The molecule has 0 spiro atoms. The summed E-state index contributed by atoms with van der Waals surface area (Å²) in [5, 5.41) is 3.01. The summed E-state index contributed by atoms with van der Waals surface area (Å²) in [5.74, 6) is 0.338. The van der Waals surface area contributed by atoms with Gasteiger partial charge in [0.15, 0.2) is 5.82 Å². The van der Waals surface area contributed by atoms with Crippen LogP contribution in [0.25, 0.3) is 0 Å². The molecule has 0 saturated heterocycles. The van der Waals surface area contributed by atoms with Crippen molar-refractivity contribution in [2.75, 3.05) is 11.9 Å². The van der Waals surface area contributed by atoms with Gasteiger partial charge in [0.05, 0.1) is 0 Å². The summed E-state index contributed by atoms with van der Waals surface area (Å²) in [5.41, 5.74) is 5.08. The third-order valence-corrected chi connectivity index (χ3v) is 1.98. The van der Waals surface area contributed by atoms with E-state index in [1.165, 1.54) is 4.57 Å². The molecule has 1 aromatic heterocycles. The van der Waals surface area contributed by atoms with E-state index in [2.05, 4.69) is 10.3 Å². The van der Waals surface area contributed by atoms with Crippen LogP contribution in [0.4, 0.5) is 5.82 Å². The molecule has 0 atom stereocenters. The summed E-state index contributed by atoms with van der Waals surface area (Å²) in [6, 6.07) is 0. The lowest BCUT2D eigenvalue weighted by molar-refractivity contribution is 0.574. The average Bonchev–Trinajstić information content (AvgIpc) is 2.13. The van der Waals surface area contributed by atoms with E-state index in [-0.39, 0.29) is 11.1 Å². The molecule has 0 fully saturated rings. The van der Waals surface area contributed by atoms with Gasteiger partial charge in [0, 0.05) is 31.5 Å². The number of anilines is 1. The van der Waals surface area contributed by atoms with Gasteiger partial charge in [0.2, 0.25) is 0 Å². The van der Waals surface area contributed by atoms with E-state index in [0.29, 0.717) is 12.4 Å². The van der Waals surface area contributed by atoms with Crippen LogP contribution in [-0.4, -0.2) is 21.6 Å². The van der Waals surface area contributed by atoms with Gasteiger partial charge in [-0.05, 0) is 13.8 Å². The SMILES string of the molecule is Cn1ccnc(NC(C)(C)CN)c1=O. The predicted octanol–water partition coefficient (Wildman–Crippen LogP) is -0.0705. The molecule has 78 valence electrons. The molecule has 0 amide bonds. The third-order valence-electron chi connectivity index (χ3n) is 1.98. The number of rotatable bonds is 3. The highest BCUT2D eigenvalue weighted by molar-refractivity contribution is 5.34. The highest BCUT2D eigenvalue weighted by atomic mass is 16.1. The molecule has 1 rings (SSSR count). The molecule has 1 aromatic rings. The van der Waals surface area contributed by atoms with Crippen molar-refractivity contribution in [2.24, 2.45) is 12.8 Å². The maximum Gasteiger partial charge on any atom is 0.293 e. The first-order valence-corrected chi connectivity index (χ1v) is 4.46. The van der Waals surface area contributed by atoms with Crippen LogP contribution in [0.3, 0.4) is 0 Å². The lowest BCUT2D eigenvalue weighted by atomic mass is 10.1. The molecule has 3 N–H and O–H groups in total. The maximum atomic E-state index is 11.6. The van der Waals surface area contributed by atoms with Crippen LogP contribution in [0, 0.1) is 0 Å². The van der Waals surface area contributed by atoms with E-state index in [9.17, 15) is 4.79 Å². The minimum absolute atomic E-state index is 0.144. The van der Waals surface area contributed by atoms with Crippen LogP contribution < -0.4 is 16.6 Å². The summed E-state index contributed by atoms with van der Waals surface area (Å²) in [6.45, 7) is 4.27. The lowest BCUT2D eigenvalue weighted by Gasteiger charge is -2.24. The second-order valence-electron chi connectivity index (χ2n) is 3.90.